The minimum absolute atomic E-state index is 0.859. The van der Waals surface area contributed by atoms with Gasteiger partial charge < -0.3 is 10.6 Å². The number of rotatable bonds is 8. The number of hydrogen-bond donors (Lipinski definition) is 2. The Kier molecular flexibility index (Phi) is 7.33. The fourth-order valence-corrected chi connectivity index (χ4v) is 2.51. The fourth-order valence-electron chi connectivity index (χ4n) is 2.51. The van der Waals surface area contributed by atoms with Gasteiger partial charge >= 0.3 is 0 Å². The molecule has 0 radical (unpaired) electrons. The van der Waals surface area contributed by atoms with Crippen molar-refractivity contribution in [2.75, 3.05) is 19.6 Å². The minimum Gasteiger partial charge on any atom is -0.357 e. The molecule has 1 aromatic carbocycles. The number of aliphatic imine (C=N–C) groups is 1. The van der Waals surface area contributed by atoms with Crippen molar-refractivity contribution in [1.82, 2.24) is 20.4 Å². The smallest absolute Gasteiger partial charge is 0.191 e. The van der Waals surface area contributed by atoms with Crippen LogP contribution in [0.2, 0.25) is 0 Å². The summed E-state index contributed by atoms with van der Waals surface area (Å²) >= 11 is 0. The Bertz CT molecular complexity index is 630. The molecule has 0 saturated heterocycles. The van der Waals surface area contributed by atoms with Crippen LogP contribution in [-0.4, -0.2) is 35.4 Å². The highest BCUT2D eigenvalue weighted by Gasteiger charge is 2.06. The Morgan fingerprint density at radius 2 is 1.96 bits per heavy atom. The summed E-state index contributed by atoms with van der Waals surface area (Å²) in [5, 5.41) is 11.3. The molecule has 5 nitrogen and oxygen atoms in total. The van der Waals surface area contributed by atoms with Crippen molar-refractivity contribution < 1.29 is 0 Å². The Morgan fingerprint density at radius 3 is 2.67 bits per heavy atom. The van der Waals surface area contributed by atoms with Gasteiger partial charge in [-0.3, -0.25) is 4.99 Å². The lowest BCUT2D eigenvalue weighted by Gasteiger charge is -2.10. The van der Waals surface area contributed by atoms with Crippen LogP contribution in [0.4, 0.5) is 0 Å². The van der Waals surface area contributed by atoms with E-state index in [2.05, 4.69) is 59.8 Å². The van der Waals surface area contributed by atoms with Crippen LogP contribution in [0.3, 0.4) is 0 Å². The van der Waals surface area contributed by atoms with Crippen LogP contribution in [0.25, 0.3) is 5.69 Å². The first-order valence-corrected chi connectivity index (χ1v) is 8.87. The first-order chi connectivity index (χ1) is 11.7. The molecular formula is C19H29N5. The molecule has 0 bridgehead atoms. The van der Waals surface area contributed by atoms with E-state index in [-0.39, 0.29) is 0 Å². The molecule has 0 fully saturated rings. The normalized spacial score (nSPS) is 11.5. The highest BCUT2D eigenvalue weighted by atomic mass is 15.3. The number of aromatic nitrogens is 2. The summed E-state index contributed by atoms with van der Waals surface area (Å²) in [6.45, 7) is 8.96. The molecule has 0 aliphatic carbocycles. The summed E-state index contributed by atoms with van der Waals surface area (Å²) in [5.41, 5.74) is 3.51. The van der Waals surface area contributed by atoms with Crippen molar-refractivity contribution in [3.8, 4) is 5.69 Å². The summed E-state index contributed by atoms with van der Waals surface area (Å²) < 4.78 is 1.96. The van der Waals surface area contributed by atoms with Crippen LogP contribution < -0.4 is 10.6 Å². The van der Waals surface area contributed by atoms with Gasteiger partial charge in [0.2, 0.25) is 0 Å². The molecule has 2 aromatic rings. The number of nitrogens with zero attached hydrogens (tertiary/aromatic N) is 3. The zero-order chi connectivity index (χ0) is 17.2. The number of para-hydroxylation sites is 1. The zero-order valence-electron chi connectivity index (χ0n) is 15.0. The first-order valence-electron chi connectivity index (χ1n) is 8.87. The standard InChI is InChI=1S/C19H29N5/c1-4-13-21-19(20-5-2)22-14-9-10-17-15-24(23-16(17)3)18-11-7-6-8-12-18/h6-8,11-12,15H,4-5,9-10,13-14H2,1-3H3,(H2,20,21,22). The van der Waals surface area contributed by atoms with Gasteiger partial charge in [0.25, 0.3) is 0 Å². The van der Waals surface area contributed by atoms with E-state index in [9.17, 15) is 0 Å². The lowest BCUT2D eigenvalue weighted by atomic mass is 10.1. The largest absolute Gasteiger partial charge is 0.357 e. The molecule has 130 valence electrons. The van der Waals surface area contributed by atoms with Gasteiger partial charge in [0.15, 0.2) is 5.96 Å². The molecule has 0 amide bonds. The fraction of sp³-hybridized carbons (Fsp3) is 0.474. The van der Waals surface area contributed by atoms with Crippen molar-refractivity contribution in [1.29, 1.82) is 0 Å². The lowest BCUT2D eigenvalue weighted by Crippen LogP contribution is -2.38. The van der Waals surface area contributed by atoms with E-state index < -0.39 is 0 Å². The van der Waals surface area contributed by atoms with Crippen molar-refractivity contribution in [2.45, 2.75) is 40.0 Å². The molecule has 1 aromatic heterocycles. The highest BCUT2D eigenvalue weighted by molar-refractivity contribution is 5.79. The predicted molar refractivity (Wildman–Crippen MR) is 101 cm³/mol. The summed E-state index contributed by atoms with van der Waals surface area (Å²) in [6, 6.07) is 10.2. The van der Waals surface area contributed by atoms with Crippen molar-refractivity contribution in [3.05, 3.63) is 47.8 Å². The maximum Gasteiger partial charge on any atom is 0.191 e. The molecule has 1 heterocycles. The lowest BCUT2D eigenvalue weighted by molar-refractivity contribution is 0.740. The van der Waals surface area contributed by atoms with Gasteiger partial charge in [-0.05, 0) is 50.8 Å². The maximum absolute atomic E-state index is 4.62. The summed E-state index contributed by atoms with van der Waals surface area (Å²) in [7, 11) is 0. The molecule has 0 spiro atoms. The SMILES string of the molecule is CCCN=C(NCC)NCCCc1cn(-c2ccccc2)nc1C. The summed E-state index contributed by atoms with van der Waals surface area (Å²) in [4.78, 5) is 4.52. The van der Waals surface area contributed by atoms with E-state index in [1.165, 1.54) is 5.56 Å². The molecular weight excluding hydrogens is 298 g/mol. The molecule has 5 heteroatoms. The highest BCUT2D eigenvalue weighted by Crippen LogP contribution is 2.13. The number of nitrogens with one attached hydrogen (secondary N) is 2. The minimum atomic E-state index is 0.859. The van der Waals surface area contributed by atoms with E-state index in [0.29, 0.717) is 0 Å². The van der Waals surface area contributed by atoms with Crippen LogP contribution in [0, 0.1) is 6.92 Å². The second-order valence-corrected chi connectivity index (χ2v) is 5.81. The van der Waals surface area contributed by atoms with Gasteiger partial charge in [0.05, 0.1) is 11.4 Å². The molecule has 0 aliphatic rings. The van der Waals surface area contributed by atoms with E-state index in [1.807, 2.05) is 22.9 Å². The Balaban J connectivity index is 1.85. The van der Waals surface area contributed by atoms with E-state index in [0.717, 1.165) is 56.2 Å². The van der Waals surface area contributed by atoms with Crippen molar-refractivity contribution in [3.63, 3.8) is 0 Å². The molecule has 2 N–H and O–H groups in total. The topological polar surface area (TPSA) is 54.2 Å². The van der Waals surface area contributed by atoms with Crippen LogP contribution in [-0.2, 0) is 6.42 Å². The Hall–Kier alpha value is -2.30. The molecule has 2 rings (SSSR count). The van der Waals surface area contributed by atoms with Crippen LogP contribution in [0.5, 0.6) is 0 Å². The predicted octanol–water partition coefficient (Wildman–Crippen LogP) is 3.08. The average Bonchev–Trinajstić information content (AvgIpc) is 2.98. The third kappa shape index (κ3) is 5.41. The van der Waals surface area contributed by atoms with Gasteiger partial charge in [-0.1, -0.05) is 25.1 Å². The van der Waals surface area contributed by atoms with Crippen LogP contribution >= 0.6 is 0 Å². The molecule has 0 atom stereocenters. The summed E-state index contributed by atoms with van der Waals surface area (Å²) in [5.74, 6) is 0.913. The zero-order valence-corrected chi connectivity index (χ0v) is 15.0. The molecule has 0 unspecified atom stereocenters. The number of hydrogen-bond acceptors (Lipinski definition) is 2. The number of aryl methyl sites for hydroxylation is 2. The van der Waals surface area contributed by atoms with Crippen molar-refractivity contribution in [2.24, 2.45) is 4.99 Å². The maximum atomic E-state index is 4.62. The van der Waals surface area contributed by atoms with Crippen LogP contribution in [0.15, 0.2) is 41.5 Å². The van der Waals surface area contributed by atoms with Gasteiger partial charge in [-0.15, -0.1) is 0 Å². The molecule has 0 saturated carbocycles. The second kappa shape index (κ2) is 9.75. The second-order valence-electron chi connectivity index (χ2n) is 5.81. The monoisotopic (exact) mass is 327 g/mol. The molecule has 0 aliphatic heterocycles. The van der Waals surface area contributed by atoms with E-state index in [4.69, 9.17) is 0 Å². The Labute approximate surface area is 145 Å². The summed E-state index contributed by atoms with van der Waals surface area (Å²) in [6.07, 6.45) is 5.27. The molecule has 24 heavy (non-hydrogen) atoms. The van der Waals surface area contributed by atoms with Crippen molar-refractivity contribution >= 4 is 5.96 Å². The van der Waals surface area contributed by atoms with Gasteiger partial charge in [-0.2, -0.15) is 5.10 Å². The van der Waals surface area contributed by atoms with E-state index in [1.54, 1.807) is 0 Å². The van der Waals surface area contributed by atoms with Gasteiger partial charge in [0.1, 0.15) is 0 Å². The number of guanidine groups is 1. The Morgan fingerprint density at radius 1 is 1.17 bits per heavy atom. The quantitative estimate of drug-likeness (QED) is 0.445. The number of benzene rings is 1. The van der Waals surface area contributed by atoms with Crippen LogP contribution in [0.1, 0.15) is 37.9 Å². The first kappa shape index (κ1) is 18.0. The third-order valence-corrected chi connectivity index (χ3v) is 3.77. The average molecular weight is 327 g/mol. The van der Waals surface area contributed by atoms with Gasteiger partial charge in [-0.25, -0.2) is 4.68 Å². The van der Waals surface area contributed by atoms with Gasteiger partial charge in [0, 0.05) is 25.8 Å². The van der Waals surface area contributed by atoms with E-state index >= 15 is 0 Å². The third-order valence-electron chi connectivity index (χ3n) is 3.77.